The summed E-state index contributed by atoms with van der Waals surface area (Å²) in [5, 5.41) is 8.57. The first-order valence-corrected chi connectivity index (χ1v) is 18.1. The van der Waals surface area contributed by atoms with Crippen LogP contribution in [-0.2, 0) is 33.3 Å². The van der Waals surface area contributed by atoms with Gasteiger partial charge in [0.1, 0.15) is 0 Å². The molecule has 0 amide bonds. The molecule has 0 aromatic carbocycles. The molecule has 13 heteroatoms. The Labute approximate surface area is 278 Å². The van der Waals surface area contributed by atoms with Gasteiger partial charge in [0, 0.05) is 6.61 Å². The smallest absolute Gasteiger partial charge is 1.00 e. The number of aliphatic hydroxyl groups is 1. The summed E-state index contributed by atoms with van der Waals surface area (Å²) in [6.45, 7) is 8.33. The molecule has 250 valence electrons. The van der Waals surface area contributed by atoms with E-state index in [2.05, 4.69) is 26.4 Å². The average Bonchev–Trinajstić information content (AvgIpc) is 2.86. The van der Waals surface area contributed by atoms with Gasteiger partial charge in [0.05, 0.1) is 19.8 Å². The van der Waals surface area contributed by atoms with Gasteiger partial charge in [-0.3, -0.25) is 4.55 Å². The monoisotopic (exact) mass is 647 g/mol. The van der Waals surface area contributed by atoms with Gasteiger partial charge in [-0.1, -0.05) is 129 Å². The van der Waals surface area contributed by atoms with E-state index in [1.54, 1.807) is 13.8 Å². The predicted octanol–water partition coefficient (Wildman–Crippen LogP) is 5.21. The number of hydrogen-bond donors (Lipinski definition) is 3. The van der Waals surface area contributed by atoms with Crippen LogP contribution >= 0.6 is 0 Å². The van der Waals surface area contributed by atoms with Crippen LogP contribution in [0.15, 0.2) is 0 Å². The maximum absolute atomic E-state index is 10.4. The molecular weight excluding hydrogens is 581 g/mol. The van der Waals surface area contributed by atoms with E-state index < -0.39 is 20.8 Å². The van der Waals surface area contributed by atoms with Crippen LogP contribution in [0.3, 0.4) is 0 Å². The van der Waals surface area contributed by atoms with Gasteiger partial charge < -0.3 is 12.7 Å². The van der Waals surface area contributed by atoms with Crippen molar-refractivity contribution in [1.82, 2.24) is 6.15 Å². The second-order valence-electron chi connectivity index (χ2n) is 9.56. The van der Waals surface area contributed by atoms with Gasteiger partial charge in [0.25, 0.3) is 0 Å². The van der Waals surface area contributed by atoms with Crippen LogP contribution in [0.25, 0.3) is 0 Å². The van der Waals surface area contributed by atoms with Crippen LogP contribution < -0.4 is 35.7 Å². The zero-order chi connectivity index (χ0) is 30.1. The maximum Gasteiger partial charge on any atom is 1.00 e. The van der Waals surface area contributed by atoms with Crippen LogP contribution in [0.1, 0.15) is 158 Å². The number of aliphatic hydroxyl groups excluding tert-OH is 1. The molecule has 0 aliphatic carbocycles. The molecule has 0 bridgehead atoms. The molecule has 0 saturated heterocycles. The quantitative estimate of drug-likeness (QED) is 0.0643. The van der Waals surface area contributed by atoms with Gasteiger partial charge in [-0.2, -0.15) is 16.8 Å². The molecule has 0 heterocycles. The van der Waals surface area contributed by atoms with E-state index in [0.717, 1.165) is 19.3 Å². The first-order valence-electron chi connectivity index (χ1n) is 15.4. The summed E-state index contributed by atoms with van der Waals surface area (Å²) >= 11 is 0. The molecule has 5 N–H and O–H groups in total. The van der Waals surface area contributed by atoms with Gasteiger partial charge in [0.2, 0.25) is 0 Å². The Morgan fingerprint density at radius 1 is 0.512 bits per heavy atom. The zero-order valence-corrected chi connectivity index (χ0v) is 30.9. The van der Waals surface area contributed by atoms with Crippen LogP contribution in [0, 0.1) is 0 Å². The predicted molar refractivity (Wildman–Crippen MR) is 167 cm³/mol. The number of unbranched alkanes of at least 4 members (excludes halogenated alkanes) is 18. The molecule has 0 aromatic rings. The van der Waals surface area contributed by atoms with Crippen LogP contribution in [0.5, 0.6) is 0 Å². The molecular formula is C28H66NNaO9S2. The molecule has 0 aromatic heterocycles. The molecule has 0 atom stereocenters. The van der Waals surface area contributed by atoms with E-state index >= 15 is 0 Å². The fourth-order valence-corrected chi connectivity index (χ4v) is 4.65. The largest absolute Gasteiger partial charge is 1.00 e. The van der Waals surface area contributed by atoms with E-state index in [1.165, 1.54) is 103 Å². The van der Waals surface area contributed by atoms with Crippen molar-refractivity contribution in [1.29, 1.82) is 0 Å². The minimum Gasteiger partial charge on any atom is -1.00 e. The Kier molecular flexibility index (Phi) is 50.8. The molecule has 41 heavy (non-hydrogen) atoms. The van der Waals surface area contributed by atoms with Crippen molar-refractivity contribution in [2.75, 3.05) is 26.4 Å². The summed E-state index contributed by atoms with van der Waals surface area (Å²) in [5.74, 6) is 0. The fraction of sp³-hybridized carbons (Fsp3) is 1.00. The fourth-order valence-electron chi connectivity index (χ4n) is 3.68. The van der Waals surface area contributed by atoms with Crippen molar-refractivity contribution in [2.45, 2.75) is 156 Å². The molecule has 0 fully saturated rings. The third-order valence-electron chi connectivity index (χ3n) is 5.77. The summed E-state index contributed by atoms with van der Waals surface area (Å²) in [5.41, 5.74) is 0. The third kappa shape index (κ3) is 57.0. The SMILES string of the molecule is CCCCCCCCCCCCO.CCCCCCCCCCCCOS(=O)(=O)O.CCOS(=O)(=O)OCC.N.[H-].[Na+]. The summed E-state index contributed by atoms with van der Waals surface area (Å²) in [6.07, 6.45) is 25.2. The first kappa shape index (κ1) is 51.2. The van der Waals surface area contributed by atoms with E-state index in [-0.39, 0.29) is 57.0 Å². The molecule has 0 unspecified atom stereocenters. The minimum atomic E-state index is -4.23. The molecule has 10 nitrogen and oxygen atoms in total. The van der Waals surface area contributed by atoms with Crippen molar-refractivity contribution >= 4 is 20.8 Å². The van der Waals surface area contributed by atoms with Crippen molar-refractivity contribution < 1.29 is 70.0 Å². The number of hydrogen-bond acceptors (Lipinski definition) is 9. The third-order valence-corrected chi connectivity index (χ3v) is 7.28. The van der Waals surface area contributed by atoms with Crippen LogP contribution in [0.4, 0.5) is 0 Å². The normalized spacial score (nSPS) is 10.9. The summed E-state index contributed by atoms with van der Waals surface area (Å²) < 4.78 is 62.2. The van der Waals surface area contributed by atoms with Crippen molar-refractivity contribution in [3.63, 3.8) is 0 Å². The first-order chi connectivity index (χ1) is 18.6. The second kappa shape index (κ2) is 40.7. The molecule has 0 aliphatic heterocycles. The number of rotatable bonds is 26. The zero-order valence-electron chi connectivity index (χ0n) is 28.2. The Morgan fingerprint density at radius 2 is 0.805 bits per heavy atom. The van der Waals surface area contributed by atoms with E-state index in [4.69, 9.17) is 9.66 Å². The van der Waals surface area contributed by atoms with Gasteiger partial charge >= 0.3 is 50.4 Å². The molecule has 0 aliphatic rings. The summed E-state index contributed by atoms with van der Waals surface area (Å²) in [7, 11) is -7.92. The topological polar surface area (TPSA) is 171 Å². The summed E-state index contributed by atoms with van der Waals surface area (Å²) in [6, 6.07) is 0. The van der Waals surface area contributed by atoms with Crippen LogP contribution in [0.2, 0.25) is 0 Å². The van der Waals surface area contributed by atoms with Crippen molar-refractivity contribution in [2.24, 2.45) is 0 Å². The molecule has 0 spiro atoms. The Hall–Kier alpha value is 0.660. The van der Waals surface area contributed by atoms with Gasteiger partial charge in [0.15, 0.2) is 0 Å². The van der Waals surface area contributed by atoms with Gasteiger partial charge in [-0.05, 0) is 26.7 Å². The second-order valence-corrected chi connectivity index (χ2v) is 11.9. The average molecular weight is 648 g/mol. The van der Waals surface area contributed by atoms with Gasteiger partial charge in [-0.25, -0.2) is 12.5 Å². The molecule has 0 rings (SSSR count). The summed E-state index contributed by atoms with van der Waals surface area (Å²) in [4.78, 5) is 0. The minimum absolute atomic E-state index is 0. The van der Waals surface area contributed by atoms with E-state index in [0.29, 0.717) is 13.0 Å². The molecule has 0 radical (unpaired) electrons. The van der Waals surface area contributed by atoms with E-state index in [9.17, 15) is 16.8 Å². The van der Waals surface area contributed by atoms with Gasteiger partial charge in [-0.15, -0.1) is 0 Å². The van der Waals surface area contributed by atoms with Crippen molar-refractivity contribution in [3.05, 3.63) is 0 Å². The maximum atomic E-state index is 10.4. The van der Waals surface area contributed by atoms with Crippen LogP contribution in [-0.4, -0.2) is 52.9 Å². The Bertz CT molecular complexity index is 652. The van der Waals surface area contributed by atoms with E-state index in [1.807, 2.05) is 0 Å². The Balaban J connectivity index is -0.000000117. The van der Waals surface area contributed by atoms with Crippen molar-refractivity contribution in [3.8, 4) is 0 Å². The Morgan fingerprint density at radius 3 is 1.07 bits per heavy atom. The standard InChI is InChI=1S/C12H26O4S.C12H26O.C4H10O4S.H3N.Na.H/c1-2-3-4-5-6-7-8-9-10-11-12-16-17(13,14)15;1-2-3-4-5-6-7-8-9-10-11-12-13;1-3-7-9(5,6)8-4-2;;;/h2-12H2,1H3,(H,13,14,15);13H,2-12H2,1H3;3-4H2,1-2H3;1H3;;/q;;;;+1;-1. The molecule has 0 saturated carbocycles.